The number of ether oxygens (including phenoxy) is 3. The molecule has 2 aliphatic carbocycles. The van der Waals surface area contributed by atoms with Crippen LogP contribution in [0.3, 0.4) is 0 Å². The first kappa shape index (κ1) is 33.1. The zero-order valence-corrected chi connectivity index (χ0v) is 29.8. The van der Waals surface area contributed by atoms with E-state index in [-0.39, 0.29) is 29.0 Å². The molecule has 0 atom stereocenters. The molecule has 0 bridgehead atoms. The largest absolute Gasteiger partial charge is 0.490 e. The number of allylic oxidation sites excluding steroid dienone is 4. The number of Topliss-reactive ketones (excluding diaryl/α,β-unsaturated/α-hetero) is 2. The van der Waals surface area contributed by atoms with Gasteiger partial charge in [-0.05, 0) is 72.1 Å². The molecule has 0 N–H and O–H groups in total. The molecule has 3 aliphatic rings. The van der Waals surface area contributed by atoms with Crippen molar-refractivity contribution in [2.45, 2.75) is 79.4 Å². The Morgan fingerprint density at radius 1 is 0.702 bits per heavy atom. The minimum Gasteiger partial charge on any atom is -0.490 e. The van der Waals surface area contributed by atoms with Gasteiger partial charge in [0.05, 0.1) is 6.61 Å². The average Bonchev–Trinajstić information content (AvgIpc) is 3.01. The molecule has 1 aliphatic heterocycles. The molecule has 6 nitrogen and oxygen atoms in total. The van der Waals surface area contributed by atoms with E-state index in [9.17, 15) is 9.59 Å². The van der Waals surface area contributed by atoms with Crippen molar-refractivity contribution in [3.8, 4) is 17.2 Å². The standard InChI is InChI=1S/C40H44BrNO5/c1-7-45-35-17-26(13-15-34(35)47-23-25-11-9-8-10-12-25)24-46-33-16-14-27(41)18-28(33)36-37-29(19-39(2,3)21-31(37)43)42(6)30-20-40(4,5)22-32(44)38(30)36/h8-18,36H,7,19-24H2,1-6H3. The highest BCUT2D eigenvalue weighted by atomic mass is 79.9. The Morgan fingerprint density at radius 2 is 1.28 bits per heavy atom. The van der Waals surface area contributed by atoms with Crippen molar-refractivity contribution in [2.75, 3.05) is 13.7 Å². The molecule has 0 amide bonds. The summed E-state index contributed by atoms with van der Waals surface area (Å²) in [5, 5.41) is 0. The summed E-state index contributed by atoms with van der Waals surface area (Å²) in [6.45, 7) is 11.8. The number of nitrogens with zero attached hydrogens (tertiary/aromatic N) is 1. The number of benzene rings is 3. The van der Waals surface area contributed by atoms with E-state index in [2.05, 4.69) is 48.5 Å². The van der Waals surface area contributed by atoms with Crippen LogP contribution in [0.4, 0.5) is 0 Å². The highest BCUT2D eigenvalue weighted by Crippen LogP contribution is 2.55. The first-order chi connectivity index (χ1) is 22.4. The monoisotopic (exact) mass is 697 g/mol. The van der Waals surface area contributed by atoms with Crippen molar-refractivity contribution < 1.29 is 23.8 Å². The van der Waals surface area contributed by atoms with Crippen LogP contribution in [0, 0.1) is 10.8 Å². The van der Waals surface area contributed by atoms with Gasteiger partial charge in [0.1, 0.15) is 19.0 Å². The molecular weight excluding hydrogens is 654 g/mol. The van der Waals surface area contributed by atoms with Gasteiger partial charge in [-0.2, -0.15) is 0 Å². The fourth-order valence-electron chi connectivity index (χ4n) is 7.28. The van der Waals surface area contributed by atoms with Crippen LogP contribution >= 0.6 is 15.9 Å². The maximum atomic E-state index is 14.0. The lowest BCUT2D eigenvalue weighted by Crippen LogP contribution is -2.43. The molecule has 0 saturated heterocycles. The van der Waals surface area contributed by atoms with Crippen molar-refractivity contribution in [3.63, 3.8) is 0 Å². The minimum absolute atomic E-state index is 0.107. The summed E-state index contributed by atoms with van der Waals surface area (Å²) in [7, 11) is 2.03. The number of hydrogen-bond acceptors (Lipinski definition) is 6. The predicted molar refractivity (Wildman–Crippen MR) is 187 cm³/mol. The van der Waals surface area contributed by atoms with E-state index in [1.165, 1.54) is 0 Å². The van der Waals surface area contributed by atoms with Gasteiger partial charge in [0.15, 0.2) is 23.1 Å². The molecule has 0 aromatic heterocycles. The van der Waals surface area contributed by atoms with Gasteiger partial charge in [0, 0.05) is 58.4 Å². The Bertz CT molecular complexity index is 1720. The van der Waals surface area contributed by atoms with Crippen LogP contribution in [-0.4, -0.2) is 30.1 Å². The van der Waals surface area contributed by atoms with Crippen molar-refractivity contribution in [1.82, 2.24) is 4.90 Å². The van der Waals surface area contributed by atoms with E-state index >= 15 is 0 Å². The van der Waals surface area contributed by atoms with Crippen LogP contribution < -0.4 is 14.2 Å². The molecule has 1 heterocycles. The Morgan fingerprint density at radius 3 is 1.89 bits per heavy atom. The molecule has 7 heteroatoms. The van der Waals surface area contributed by atoms with Gasteiger partial charge in [-0.1, -0.05) is 80.0 Å². The number of ketones is 2. The van der Waals surface area contributed by atoms with Gasteiger partial charge < -0.3 is 19.1 Å². The van der Waals surface area contributed by atoms with E-state index < -0.39 is 5.92 Å². The topological polar surface area (TPSA) is 65.1 Å². The fourth-order valence-corrected chi connectivity index (χ4v) is 7.66. The Labute approximate surface area is 286 Å². The molecule has 0 radical (unpaired) electrons. The predicted octanol–water partition coefficient (Wildman–Crippen LogP) is 9.32. The van der Waals surface area contributed by atoms with Crippen molar-refractivity contribution in [3.05, 3.63) is 110 Å². The molecule has 246 valence electrons. The number of halogens is 1. The number of carbonyl (C=O) groups excluding carboxylic acids is 2. The van der Waals surface area contributed by atoms with E-state index in [4.69, 9.17) is 14.2 Å². The zero-order valence-electron chi connectivity index (χ0n) is 28.2. The van der Waals surface area contributed by atoms with Gasteiger partial charge in [-0.25, -0.2) is 0 Å². The second-order valence-corrected chi connectivity index (χ2v) is 15.5. The van der Waals surface area contributed by atoms with Gasteiger partial charge >= 0.3 is 0 Å². The molecule has 3 aromatic carbocycles. The Balaban J connectivity index is 1.35. The molecule has 3 aromatic rings. The van der Waals surface area contributed by atoms with Crippen LogP contribution in [0.2, 0.25) is 0 Å². The lowest BCUT2D eigenvalue weighted by atomic mass is 9.63. The van der Waals surface area contributed by atoms with Crippen LogP contribution in [0.25, 0.3) is 0 Å². The Hall–Kier alpha value is -3.84. The van der Waals surface area contributed by atoms with Crippen LogP contribution in [0.5, 0.6) is 17.2 Å². The first-order valence-corrected chi connectivity index (χ1v) is 17.3. The smallest absolute Gasteiger partial charge is 0.162 e. The fraction of sp³-hybridized carbons (Fsp3) is 0.400. The summed E-state index contributed by atoms with van der Waals surface area (Å²) in [6, 6.07) is 21.8. The van der Waals surface area contributed by atoms with Gasteiger partial charge in [0.25, 0.3) is 0 Å². The van der Waals surface area contributed by atoms with E-state index in [1.807, 2.05) is 80.7 Å². The van der Waals surface area contributed by atoms with Crippen molar-refractivity contribution in [2.24, 2.45) is 10.8 Å². The number of hydrogen-bond donors (Lipinski definition) is 0. The van der Waals surface area contributed by atoms with E-state index in [1.54, 1.807) is 0 Å². The summed E-state index contributed by atoms with van der Waals surface area (Å²) in [4.78, 5) is 30.2. The molecular formula is C40H44BrNO5. The molecule has 47 heavy (non-hydrogen) atoms. The maximum absolute atomic E-state index is 14.0. The normalized spacial score (nSPS) is 19.0. The van der Waals surface area contributed by atoms with Crippen molar-refractivity contribution in [1.29, 1.82) is 0 Å². The summed E-state index contributed by atoms with van der Waals surface area (Å²) in [5.41, 5.74) is 6.04. The van der Waals surface area contributed by atoms with E-state index in [0.29, 0.717) is 43.3 Å². The lowest BCUT2D eigenvalue weighted by Gasteiger charge is -2.48. The minimum atomic E-state index is -0.483. The third-order valence-corrected chi connectivity index (χ3v) is 9.90. The third-order valence-electron chi connectivity index (χ3n) is 9.40. The molecule has 6 rings (SSSR count). The highest BCUT2D eigenvalue weighted by Gasteiger charge is 2.48. The summed E-state index contributed by atoms with van der Waals surface area (Å²) in [5.74, 6) is 1.71. The molecule has 0 spiro atoms. The summed E-state index contributed by atoms with van der Waals surface area (Å²) < 4.78 is 19.5. The van der Waals surface area contributed by atoms with Crippen molar-refractivity contribution >= 4 is 27.5 Å². The SMILES string of the molecule is CCOc1cc(COc2ccc(Br)cc2C2C3=C(CC(C)(C)CC3=O)N(C)C3=C2C(=O)CC(C)(C)C3)ccc1OCc1ccccc1. The third kappa shape index (κ3) is 6.92. The molecule has 0 unspecified atom stereocenters. The second-order valence-electron chi connectivity index (χ2n) is 14.6. The van der Waals surface area contributed by atoms with Crippen LogP contribution in [-0.2, 0) is 22.8 Å². The zero-order chi connectivity index (χ0) is 33.5. The van der Waals surface area contributed by atoms with E-state index in [0.717, 1.165) is 56.5 Å². The second kappa shape index (κ2) is 13.0. The quantitative estimate of drug-likeness (QED) is 0.222. The summed E-state index contributed by atoms with van der Waals surface area (Å²) >= 11 is 3.68. The lowest BCUT2D eigenvalue weighted by molar-refractivity contribution is -0.119. The van der Waals surface area contributed by atoms with Gasteiger partial charge in [0.2, 0.25) is 0 Å². The van der Waals surface area contributed by atoms with Crippen LogP contribution in [0.1, 0.15) is 82.9 Å². The first-order valence-electron chi connectivity index (χ1n) is 16.5. The number of rotatable bonds is 9. The Kier molecular flexibility index (Phi) is 9.14. The average molecular weight is 699 g/mol. The van der Waals surface area contributed by atoms with Gasteiger partial charge in [-0.15, -0.1) is 0 Å². The highest BCUT2D eigenvalue weighted by molar-refractivity contribution is 9.10. The molecule has 0 saturated carbocycles. The van der Waals surface area contributed by atoms with Gasteiger partial charge in [-0.3, -0.25) is 9.59 Å². The van der Waals surface area contributed by atoms with Crippen LogP contribution in [0.15, 0.2) is 93.7 Å². The molecule has 0 fully saturated rings. The number of carbonyl (C=O) groups is 2. The maximum Gasteiger partial charge on any atom is 0.162 e. The summed E-state index contributed by atoms with van der Waals surface area (Å²) in [6.07, 6.45) is 2.44.